The second-order valence-corrected chi connectivity index (χ2v) is 8.63. The van der Waals surface area contributed by atoms with Crippen molar-refractivity contribution in [2.24, 2.45) is 11.8 Å². The molecule has 0 bridgehead atoms. The quantitative estimate of drug-likeness (QED) is 0.823. The molecule has 4 rings (SSSR count). The van der Waals surface area contributed by atoms with E-state index in [0.717, 1.165) is 38.0 Å². The van der Waals surface area contributed by atoms with Crippen molar-refractivity contribution in [3.63, 3.8) is 0 Å². The van der Waals surface area contributed by atoms with E-state index in [1.807, 2.05) is 36.0 Å². The summed E-state index contributed by atoms with van der Waals surface area (Å²) in [5.41, 5.74) is 1.99. The van der Waals surface area contributed by atoms with Gasteiger partial charge in [0.25, 0.3) is 5.91 Å². The summed E-state index contributed by atoms with van der Waals surface area (Å²) in [7, 11) is 3.82. The molecule has 3 aliphatic rings. The third-order valence-corrected chi connectivity index (χ3v) is 6.89. The van der Waals surface area contributed by atoms with E-state index in [9.17, 15) is 9.59 Å². The molecule has 1 saturated carbocycles. The standard InChI is InChI=1S/C22H31N3O2/c1-23-15-18-13-20(12-17(18)14-21(23)26)24(2)22(27)16-6-8-19(9-7-16)25-10-4-3-5-11-25/h6-9,17-18,20H,3-5,10-15H2,1-2H3/t17-,18+,20-/m1/s1. The predicted molar refractivity (Wildman–Crippen MR) is 107 cm³/mol. The Balaban J connectivity index is 1.40. The first-order chi connectivity index (χ1) is 13.0. The van der Waals surface area contributed by atoms with Crippen LogP contribution in [-0.4, -0.2) is 61.4 Å². The van der Waals surface area contributed by atoms with Gasteiger partial charge in [0.2, 0.25) is 5.91 Å². The van der Waals surface area contributed by atoms with Gasteiger partial charge in [0, 0.05) is 57.4 Å². The van der Waals surface area contributed by atoms with Gasteiger partial charge in [-0.25, -0.2) is 0 Å². The molecule has 146 valence electrons. The van der Waals surface area contributed by atoms with Crippen LogP contribution in [0.5, 0.6) is 0 Å². The first-order valence-electron chi connectivity index (χ1n) is 10.4. The molecule has 2 saturated heterocycles. The number of fused-ring (bicyclic) bond motifs is 1. The van der Waals surface area contributed by atoms with Crippen LogP contribution in [0.2, 0.25) is 0 Å². The van der Waals surface area contributed by atoms with E-state index in [4.69, 9.17) is 0 Å². The maximum atomic E-state index is 13.0. The number of hydrogen-bond acceptors (Lipinski definition) is 3. The molecule has 0 N–H and O–H groups in total. The maximum absolute atomic E-state index is 13.0. The molecule has 5 heteroatoms. The highest BCUT2D eigenvalue weighted by Crippen LogP contribution is 2.40. The van der Waals surface area contributed by atoms with Crippen molar-refractivity contribution in [3.8, 4) is 0 Å². The van der Waals surface area contributed by atoms with E-state index in [1.165, 1.54) is 24.9 Å². The van der Waals surface area contributed by atoms with Crippen LogP contribution in [0.25, 0.3) is 0 Å². The number of likely N-dealkylation sites (tertiary alicyclic amines) is 1. The van der Waals surface area contributed by atoms with Crippen LogP contribution in [-0.2, 0) is 4.79 Å². The van der Waals surface area contributed by atoms with Crippen molar-refractivity contribution < 1.29 is 9.59 Å². The lowest BCUT2D eigenvalue weighted by molar-refractivity contribution is -0.134. The van der Waals surface area contributed by atoms with E-state index in [2.05, 4.69) is 17.0 Å². The van der Waals surface area contributed by atoms with Crippen molar-refractivity contribution >= 4 is 17.5 Å². The van der Waals surface area contributed by atoms with Crippen LogP contribution in [0.4, 0.5) is 5.69 Å². The zero-order valence-electron chi connectivity index (χ0n) is 16.6. The molecule has 27 heavy (non-hydrogen) atoms. The molecule has 5 nitrogen and oxygen atoms in total. The second-order valence-electron chi connectivity index (χ2n) is 8.63. The minimum Gasteiger partial charge on any atom is -0.372 e. The molecule has 3 fully saturated rings. The van der Waals surface area contributed by atoms with Crippen LogP contribution >= 0.6 is 0 Å². The molecular weight excluding hydrogens is 338 g/mol. The number of rotatable bonds is 3. The van der Waals surface area contributed by atoms with Crippen LogP contribution in [0.3, 0.4) is 0 Å². The number of amides is 2. The molecule has 1 aliphatic carbocycles. The Bertz CT molecular complexity index is 696. The van der Waals surface area contributed by atoms with Crippen LogP contribution in [0.1, 0.15) is 48.9 Å². The number of hydrogen-bond donors (Lipinski definition) is 0. The predicted octanol–water partition coefficient (Wildman–Crippen LogP) is 3.01. The molecular formula is C22H31N3O2. The summed E-state index contributed by atoms with van der Waals surface area (Å²) in [6.07, 6.45) is 6.44. The Hall–Kier alpha value is -2.04. The van der Waals surface area contributed by atoms with E-state index in [-0.39, 0.29) is 17.9 Å². The van der Waals surface area contributed by atoms with Gasteiger partial charge in [-0.1, -0.05) is 0 Å². The summed E-state index contributed by atoms with van der Waals surface area (Å²) in [5.74, 6) is 1.33. The number of nitrogens with zero attached hydrogens (tertiary/aromatic N) is 3. The highest BCUT2D eigenvalue weighted by molar-refractivity contribution is 5.94. The lowest BCUT2D eigenvalue weighted by Crippen LogP contribution is -2.39. The van der Waals surface area contributed by atoms with Crippen molar-refractivity contribution in [1.29, 1.82) is 0 Å². The highest BCUT2D eigenvalue weighted by atomic mass is 16.2. The molecule has 2 amide bonds. The fourth-order valence-electron chi connectivity index (χ4n) is 5.14. The molecule has 1 aromatic carbocycles. The van der Waals surface area contributed by atoms with Crippen LogP contribution < -0.4 is 4.90 Å². The molecule has 1 aromatic rings. The van der Waals surface area contributed by atoms with Gasteiger partial charge in [-0.05, 0) is 68.2 Å². The van der Waals surface area contributed by atoms with Gasteiger partial charge >= 0.3 is 0 Å². The van der Waals surface area contributed by atoms with E-state index < -0.39 is 0 Å². The van der Waals surface area contributed by atoms with Gasteiger partial charge in [0.1, 0.15) is 0 Å². The number of benzene rings is 1. The van der Waals surface area contributed by atoms with E-state index in [0.29, 0.717) is 18.3 Å². The summed E-state index contributed by atoms with van der Waals surface area (Å²) < 4.78 is 0. The fourth-order valence-corrected chi connectivity index (χ4v) is 5.14. The summed E-state index contributed by atoms with van der Waals surface area (Å²) in [4.78, 5) is 31.1. The maximum Gasteiger partial charge on any atom is 0.253 e. The molecule has 0 unspecified atom stereocenters. The minimum atomic E-state index is 0.100. The Labute approximate surface area is 162 Å². The van der Waals surface area contributed by atoms with Gasteiger partial charge < -0.3 is 14.7 Å². The summed E-state index contributed by atoms with van der Waals surface area (Å²) >= 11 is 0. The third-order valence-electron chi connectivity index (χ3n) is 6.89. The molecule has 0 spiro atoms. The number of piperidine rings is 2. The van der Waals surface area contributed by atoms with Gasteiger partial charge in [0.05, 0.1) is 0 Å². The summed E-state index contributed by atoms with van der Waals surface area (Å²) in [6, 6.07) is 8.38. The van der Waals surface area contributed by atoms with Crippen molar-refractivity contribution in [1.82, 2.24) is 9.80 Å². The Morgan fingerprint density at radius 2 is 1.70 bits per heavy atom. The van der Waals surface area contributed by atoms with Gasteiger partial charge in [-0.2, -0.15) is 0 Å². The zero-order valence-corrected chi connectivity index (χ0v) is 16.6. The Morgan fingerprint density at radius 1 is 1.04 bits per heavy atom. The second kappa shape index (κ2) is 7.53. The average molecular weight is 370 g/mol. The lowest BCUT2D eigenvalue weighted by atomic mass is 9.88. The van der Waals surface area contributed by atoms with E-state index in [1.54, 1.807) is 0 Å². The fraction of sp³-hybridized carbons (Fsp3) is 0.636. The molecule has 0 aromatic heterocycles. The summed E-state index contributed by atoms with van der Waals surface area (Å²) in [6.45, 7) is 3.07. The lowest BCUT2D eigenvalue weighted by Gasteiger charge is -2.31. The average Bonchev–Trinajstić information content (AvgIpc) is 3.10. The number of carbonyl (C=O) groups is 2. The van der Waals surface area contributed by atoms with Crippen LogP contribution in [0, 0.1) is 11.8 Å². The SMILES string of the molecule is CN1C[C@@H]2C[C@H](N(C)C(=O)c3ccc(N4CCCCC4)cc3)C[C@@H]2CC1=O. The monoisotopic (exact) mass is 369 g/mol. The van der Waals surface area contributed by atoms with Crippen molar-refractivity contribution in [2.75, 3.05) is 38.6 Å². The smallest absolute Gasteiger partial charge is 0.253 e. The van der Waals surface area contributed by atoms with Gasteiger partial charge in [0.15, 0.2) is 0 Å². The van der Waals surface area contributed by atoms with Crippen molar-refractivity contribution in [2.45, 2.75) is 44.6 Å². The van der Waals surface area contributed by atoms with Crippen LogP contribution in [0.15, 0.2) is 24.3 Å². The molecule has 2 aliphatic heterocycles. The first kappa shape index (κ1) is 18.3. The normalized spacial score (nSPS) is 28.2. The van der Waals surface area contributed by atoms with Crippen molar-refractivity contribution in [3.05, 3.63) is 29.8 Å². The highest BCUT2D eigenvalue weighted by Gasteiger charge is 2.42. The number of anilines is 1. The first-order valence-corrected chi connectivity index (χ1v) is 10.4. The van der Waals surface area contributed by atoms with Gasteiger partial charge in [-0.15, -0.1) is 0 Å². The number of carbonyl (C=O) groups excluding carboxylic acids is 2. The zero-order chi connectivity index (χ0) is 19.0. The Kier molecular flexibility index (Phi) is 5.11. The molecule has 3 atom stereocenters. The topological polar surface area (TPSA) is 43.9 Å². The van der Waals surface area contributed by atoms with E-state index >= 15 is 0 Å². The molecule has 2 heterocycles. The summed E-state index contributed by atoms with van der Waals surface area (Å²) in [5, 5.41) is 0. The largest absolute Gasteiger partial charge is 0.372 e. The minimum absolute atomic E-state index is 0.100. The Morgan fingerprint density at radius 3 is 2.41 bits per heavy atom. The van der Waals surface area contributed by atoms with Gasteiger partial charge in [-0.3, -0.25) is 9.59 Å². The molecule has 0 radical (unpaired) electrons. The third kappa shape index (κ3) is 3.69.